The van der Waals surface area contributed by atoms with Crippen LogP contribution in [0.2, 0.25) is 0 Å². The molecule has 7 heteroatoms. The standard InChI is InChI=1S/C21H24N4O3/c1-14-11-15(2)25(22-14)13-16-3-5-17(6-4-16)20(27)23-8-7-21-18(23)12-19(26)24(21)9-10-28-21/h3-6,11,18H,7-10,12-13H2,1-2H3/t18-,21+/m1/s1. The average molecular weight is 380 g/mol. The molecule has 0 radical (unpaired) electrons. The van der Waals surface area contributed by atoms with Crippen molar-refractivity contribution >= 4 is 11.8 Å². The van der Waals surface area contributed by atoms with Crippen molar-refractivity contribution < 1.29 is 14.3 Å². The highest BCUT2D eigenvalue weighted by Crippen LogP contribution is 2.45. The summed E-state index contributed by atoms with van der Waals surface area (Å²) in [7, 11) is 0. The topological polar surface area (TPSA) is 67.7 Å². The highest BCUT2D eigenvalue weighted by atomic mass is 16.5. The maximum Gasteiger partial charge on any atom is 0.254 e. The second kappa shape index (κ2) is 6.17. The Labute approximate surface area is 163 Å². The average Bonchev–Trinajstić information content (AvgIpc) is 3.38. The fourth-order valence-electron chi connectivity index (χ4n) is 4.96. The van der Waals surface area contributed by atoms with Crippen LogP contribution in [0.5, 0.6) is 0 Å². The number of carbonyl (C=O) groups is 2. The van der Waals surface area contributed by atoms with Gasteiger partial charge in [0, 0.05) is 30.8 Å². The van der Waals surface area contributed by atoms with Gasteiger partial charge in [0.25, 0.3) is 5.91 Å². The van der Waals surface area contributed by atoms with Crippen molar-refractivity contribution in [3.05, 3.63) is 52.8 Å². The normalized spacial score (nSPS) is 26.1. The van der Waals surface area contributed by atoms with Crippen molar-refractivity contribution in [2.45, 2.75) is 45.0 Å². The molecule has 0 N–H and O–H groups in total. The van der Waals surface area contributed by atoms with Gasteiger partial charge in [0.1, 0.15) is 0 Å². The minimum Gasteiger partial charge on any atom is -0.351 e. The third-order valence-electron chi connectivity index (χ3n) is 6.30. The number of carbonyl (C=O) groups excluding carboxylic acids is 2. The lowest BCUT2D eigenvalue weighted by Crippen LogP contribution is -2.48. The second-order valence-electron chi connectivity index (χ2n) is 7.99. The molecule has 3 aliphatic heterocycles. The quantitative estimate of drug-likeness (QED) is 0.813. The Morgan fingerprint density at radius 3 is 2.75 bits per heavy atom. The number of hydrogen-bond acceptors (Lipinski definition) is 4. The maximum absolute atomic E-state index is 13.1. The van der Waals surface area contributed by atoms with Crippen molar-refractivity contribution in [2.24, 2.45) is 0 Å². The number of nitrogens with zero attached hydrogens (tertiary/aromatic N) is 4. The van der Waals surface area contributed by atoms with Crippen molar-refractivity contribution in [1.29, 1.82) is 0 Å². The number of amides is 2. The Bertz CT molecular complexity index is 951. The lowest BCUT2D eigenvalue weighted by atomic mass is 10.1. The molecule has 2 atom stereocenters. The molecule has 0 bridgehead atoms. The number of aromatic nitrogens is 2. The minimum atomic E-state index is -0.581. The van der Waals surface area contributed by atoms with Crippen LogP contribution in [-0.2, 0) is 16.1 Å². The summed E-state index contributed by atoms with van der Waals surface area (Å²) in [6.07, 6.45) is 1.06. The van der Waals surface area contributed by atoms with E-state index in [4.69, 9.17) is 4.74 Å². The first kappa shape index (κ1) is 17.4. The van der Waals surface area contributed by atoms with E-state index in [0.29, 0.717) is 44.6 Å². The predicted molar refractivity (Wildman–Crippen MR) is 102 cm³/mol. The summed E-state index contributed by atoms with van der Waals surface area (Å²) in [5.74, 6) is 0.0740. The van der Waals surface area contributed by atoms with Gasteiger partial charge in [0.15, 0.2) is 5.72 Å². The summed E-state index contributed by atoms with van der Waals surface area (Å²) in [5, 5.41) is 4.49. The van der Waals surface area contributed by atoms with E-state index in [-0.39, 0.29) is 17.9 Å². The number of rotatable bonds is 3. The van der Waals surface area contributed by atoms with Gasteiger partial charge in [-0.1, -0.05) is 12.1 Å². The molecule has 2 aromatic rings. The van der Waals surface area contributed by atoms with Crippen molar-refractivity contribution in [3.8, 4) is 0 Å². The summed E-state index contributed by atoms with van der Waals surface area (Å²) in [4.78, 5) is 29.1. The van der Waals surface area contributed by atoms with Crippen LogP contribution in [0.1, 0.15) is 40.2 Å². The first-order valence-electron chi connectivity index (χ1n) is 9.83. The van der Waals surface area contributed by atoms with Crippen LogP contribution in [0.4, 0.5) is 0 Å². The molecule has 1 aromatic carbocycles. The zero-order chi connectivity index (χ0) is 19.5. The van der Waals surface area contributed by atoms with Gasteiger partial charge in [-0.25, -0.2) is 0 Å². The van der Waals surface area contributed by atoms with Crippen LogP contribution in [0.15, 0.2) is 30.3 Å². The zero-order valence-corrected chi connectivity index (χ0v) is 16.2. The van der Waals surface area contributed by atoms with Crippen LogP contribution in [-0.4, -0.2) is 62.9 Å². The Kier molecular flexibility index (Phi) is 3.84. The van der Waals surface area contributed by atoms with E-state index in [1.54, 1.807) is 0 Å². The van der Waals surface area contributed by atoms with Crippen molar-refractivity contribution in [1.82, 2.24) is 19.6 Å². The second-order valence-corrected chi connectivity index (χ2v) is 7.99. The molecule has 0 aliphatic carbocycles. The molecule has 1 aromatic heterocycles. The van der Waals surface area contributed by atoms with Crippen LogP contribution < -0.4 is 0 Å². The third kappa shape index (κ3) is 2.49. The molecule has 3 fully saturated rings. The molecular formula is C21H24N4O3. The van der Waals surface area contributed by atoms with E-state index >= 15 is 0 Å². The number of benzene rings is 1. The number of aryl methyl sites for hydroxylation is 2. The van der Waals surface area contributed by atoms with Gasteiger partial charge in [-0.05, 0) is 37.6 Å². The highest BCUT2D eigenvalue weighted by Gasteiger charge is 2.62. The van der Waals surface area contributed by atoms with E-state index in [9.17, 15) is 9.59 Å². The lowest BCUT2D eigenvalue weighted by molar-refractivity contribution is -0.136. The van der Waals surface area contributed by atoms with Crippen LogP contribution in [0, 0.1) is 13.8 Å². The van der Waals surface area contributed by atoms with E-state index in [0.717, 1.165) is 17.0 Å². The minimum absolute atomic E-state index is 0.0234. The van der Waals surface area contributed by atoms with E-state index < -0.39 is 5.72 Å². The molecule has 5 rings (SSSR count). The molecule has 0 saturated carbocycles. The van der Waals surface area contributed by atoms with Gasteiger partial charge in [-0.3, -0.25) is 14.3 Å². The SMILES string of the molecule is Cc1cc(C)n(Cc2ccc(C(=O)N3CC[C@@]45OCCN4C(=O)C[C@@H]35)cc2)n1. The van der Waals surface area contributed by atoms with Gasteiger partial charge in [0.2, 0.25) is 5.91 Å². The summed E-state index contributed by atoms with van der Waals surface area (Å²) in [5.41, 5.74) is 3.29. The predicted octanol–water partition coefficient (Wildman–Crippen LogP) is 1.72. The van der Waals surface area contributed by atoms with E-state index in [1.807, 2.05) is 52.6 Å². The van der Waals surface area contributed by atoms with E-state index in [2.05, 4.69) is 11.2 Å². The monoisotopic (exact) mass is 380 g/mol. The zero-order valence-electron chi connectivity index (χ0n) is 16.2. The number of likely N-dealkylation sites (tertiary alicyclic amines) is 1. The summed E-state index contributed by atoms with van der Waals surface area (Å²) < 4.78 is 7.94. The largest absolute Gasteiger partial charge is 0.351 e. The summed E-state index contributed by atoms with van der Waals surface area (Å²) >= 11 is 0. The fraction of sp³-hybridized carbons (Fsp3) is 0.476. The highest BCUT2D eigenvalue weighted by molar-refractivity contribution is 5.96. The molecule has 7 nitrogen and oxygen atoms in total. The molecule has 146 valence electrons. The van der Waals surface area contributed by atoms with Crippen molar-refractivity contribution in [3.63, 3.8) is 0 Å². The van der Waals surface area contributed by atoms with Gasteiger partial charge < -0.3 is 14.5 Å². The third-order valence-corrected chi connectivity index (χ3v) is 6.30. The first-order chi connectivity index (χ1) is 13.5. The maximum atomic E-state index is 13.1. The molecular weight excluding hydrogens is 356 g/mol. The van der Waals surface area contributed by atoms with E-state index in [1.165, 1.54) is 0 Å². The van der Waals surface area contributed by atoms with Gasteiger partial charge in [0.05, 0.1) is 31.3 Å². The van der Waals surface area contributed by atoms with Gasteiger partial charge in [-0.2, -0.15) is 5.10 Å². The molecule has 28 heavy (non-hydrogen) atoms. The molecule has 4 heterocycles. The summed E-state index contributed by atoms with van der Waals surface area (Å²) in [6, 6.07) is 9.58. The van der Waals surface area contributed by atoms with Gasteiger partial charge >= 0.3 is 0 Å². The lowest BCUT2D eigenvalue weighted by Gasteiger charge is -2.31. The van der Waals surface area contributed by atoms with Crippen LogP contribution >= 0.6 is 0 Å². The first-order valence-corrected chi connectivity index (χ1v) is 9.83. The Morgan fingerprint density at radius 1 is 1.25 bits per heavy atom. The fourth-order valence-corrected chi connectivity index (χ4v) is 4.96. The molecule has 0 unspecified atom stereocenters. The Balaban J connectivity index is 1.33. The van der Waals surface area contributed by atoms with Crippen LogP contribution in [0.25, 0.3) is 0 Å². The molecule has 1 spiro atoms. The smallest absolute Gasteiger partial charge is 0.254 e. The molecule has 3 saturated heterocycles. The van der Waals surface area contributed by atoms with Crippen molar-refractivity contribution in [2.75, 3.05) is 19.7 Å². The molecule has 3 aliphatic rings. The molecule has 2 amide bonds. The number of hydrogen-bond donors (Lipinski definition) is 0. The number of ether oxygens (including phenoxy) is 1. The summed E-state index contributed by atoms with van der Waals surface area (Å²) in [6.45, 7) is 6.53. The Morgan fingerprint density at radius 2 is 2.04 bits per heavy atom. The van der Waals surface area contributed by atoms with Gasteiger partial charge in [-0.15, -0.1) is 0 Å². The van der Waals surface area contributed by atoms with Crippen LogP contribution in [0.3, 0.4) is 0 Å². The Hall–Kier alpha value is -2.67.